The summed E-state index contributed by atoms with van der Waals surface area (Å²) in [6.07, 6.45) is 7.32. The maximum absolute atomic E-state index is 12.2. The summed E-state index contributed by atoms with van der Waals surface area (Å²) < 4.78 is 7.51. The molecule has 5 rings (SSSR count). The van der Waals surface area contributed by atoms with Crippen LogP contribution in [0.3, 0.4) is 0 Å². The normalized spacial score (nSPS) is 17.4. The van der Waals surface area contributed by atoms with E-state index in [2.05, 4.69) is 36.9 Å². The lowest BCUT2D eigenvalue weighted by Gasteiger charge is -2.36. The van der Waals surface area contributed by atoms with E-state index in [9.17, 15) is 4.79 Å². The highest BCUT2D eigenvalue weighted by atomic mass is 16.5. The van der Waals surface area contributed by atoms with Crippen molar-refractivity contribution in [1.82, 2.24) is 24.4 Å². The predicted octanol–water partition coefficient (Wildman–Crippen LogP) is 1.83. The van der Waals surface area contributed by atoms with Crippen LogP contribution < -0.4 is 15.2 Å². The zero-order chi connectivity index (χ0) is 20.5. The van der Waals surface area contributed by atoms with E-state index in [0.717, 1.165) is 54.9 Å². The van der Waals surface area contributed by atoms with Crippen molar-refractivity contribution < 1.29 is 4.74 Å². The Labute approximate surface area is 175 Å². The van der Waals surface area contributed by atoms with Gasteiger partial charge in [-0.15, -0.1) is 0 Å². The van der Waals surface area contributed by atoms with Crippen LogP contribution in [0.25, 0.3) is 10.9 Å². The van der Waals surface area contributed by atoms with Crippen LogP contribution >= 0.6 is 0 Å². The number of piperazine rings is 1. The fourth-order valence-electron chi connectivity index (χ4n) is 3.88. The fourth-order valence-corrected chi connectivity index (χ4v) is 3.88. The summed E-state index contributed by atoms with van der Waals surface area (Å²) in [5, 5.41) is 0.969. The van der Waals surface area contributed by atoms with Gasteiger partial charge < -0.3 is 14.2 Å². The molecule has 3 aromatic rings. The molecule has 0 spiro atoms. The lowest BCUT2D eigenvalue weighted by Crippen LogP contribution is -2.46. The van der Waals surface area contributed by atoms with Crippen molar-refractivity contribution in [1.29, 1.82) is 0 Å². The van der Waals surface area contributed by atoms with E-state index in [0.29, 0.717) is 18.3 Å². The van der Waals surface area contributed by atoms with Crippen molar-refractivity contribution in [2.24, 2.45) is 13.0 Å². The Morgan fingerprint density at radius 2 is 1.97 bits per heavy atom. The number of ether oxygens (including phenoxy) is 1. The number of nitrogens with zero attached hydrogens (tertiary/aromatic N) is 6. The monoisotopic (exact) mass is 406 g/mol. The number of rotatable bonds is 6. The molecule has 0 N–H and O–H groups in total. The van der Waals surface area contributed by atoms with Crippen molar-refractivity contribution in [3.63, 3.8) is 0 Å². The second-order valence-corrected chi connectivity index (χ2v) is 8.23. The molecule has 8 heteroatoms. The summed E-state index contributed by atoms with van der Waals surface area (Å²) in [5.41, 5.74) is 2.84. The van der Waals surface area contributed by atoms with Gasteiger partial charge in [0, 0.05) is 57.2 Å². The van der Waals surface area contributed by atoms with Crippen molar-refractivity contribution in [2.45, 2.75) is 19.4 Å². The van der Waals surface area contributed by atoms with Gasteiger partial charge in [-0.2, -0.15) is 0 Å². The second kappa shape index (κ2) is 8.02. The molecule has 1 aliphatic carbocycles. The molecule has 156 valence electrons. The van der Waals surface area contributed by atoms with Crippen molar-refractivity contribution in [2.75, 3.05) is 37.7 Å². The first-order valence-corrected chi connectivity index (χ1v) is 10.5. The predicted molar refractivity (Wildman–Crippen MR) is 115 cm³/mol. The zero-order valence-corrected chi connectivity index (χ0v) is 17.2. The number of aromatic nitrogens is 4. The average molecular weight is 406 g/mol. The lowest BCUT2D eigenvalue weighted by molar-refractivity contribution is 0.248. The average Bonchev–Trinajstić information content (AvgIpc) is 3.60. The number of benzene rings is 1. The number of anilines is 1. The Morgan fingerprint density at radius 3 is 2.77 bits per heavy atom. The molecule has 1 aromatic carbocycles. The number of hydrogen-bond donors (Lipinski definition) is 0. The molecule has 2 aromatic heterocycles. The first-order valence-electron chi connectivity index (χ1n) is 10.5. The van der Waals surface area contributed by atoms with E-state index in [-0.39, 0.29) is 5.56 Å². The van der Waals surface area contributed by atoms with E-state index < -0.39 is 0 Å². The highest BCUT2D eigenvalue weighted by molar-refractivity contribution is 5.86. The van der Waals surface area contributed by atoms with Gasteiger partial charge in [-0.3, -0.25) is 9.69 Å². The molecule has 1 aliphatic heterocycles. The summed E-state index contributed by atoms with van der Waals surface area (Å²) in [6.45, 7) is 4.97. The summed E-state index contributed by atoms with van der Waals surface area (Å²) in [6, 6.07) is 6.30. The van der Waals surface area contributed by atoms with Gasteiger partial charge in [0.25, 0.3) is 5.56 Å². The van der Waals surface area contributed by atoms with Gasteiger partial charge in [0.2, 0.25) is 5.88 Å². The Bertz CT molecular complexity index is 1100. The van der Waals surface area contributed by atoms with Gasteiger partial charge in [-0.05, 0) is 37.0 Å². The first kappa shape index (κ1) is 19.0. The summed E-state index contributed by atoms with van der Waals surface area (Å²) in [5.74, 6) is 1.36. The molecule has 0 unspecified atom stereocenters. The van der Waals surface area contributed by atoms with E-state index in [1.807, 2.05) is 6.07 Å². The molecule has 30 heavy (non-hydrogen) atoms. The topological polar surface area (TPSA) is 76.4 Å². The van der Waals surface area contributed by atoms with Crippen LogP contribution in [0.4, 0.5) is 5.69 Å². The molecule has 0 amide bonds. The molecule has 2 aliphatic rings. The Balaban J connectivity index is 1.27. The van der Waals surface area contributed by atoms with Crippen molar-refractivity contribution in [3.8, 4) is 5.88 Å². The van der Waals surface area contributed by atoms with Gasteiger partial charge in [0.1, 0.15) is 6.33 Å². The van der Waals surface area contributed by atoms with Crippen molar-refractivity contribution in [3.05, 3.63) is 53.0 Å². The highest BCUT2D eigenvalue weighted by Gasteiger charge is 2.23. The quantitative estimate of drug-likeness (QED) is 0.618. The molecule has 8 nitrogen and oxygen atoms in total. The first-order chi connectivity index (χ1) is 14.7. The summed E-state index contributed by atoms with van der Waals surface area (Å²) in [7, 11) is 1.74. The van der Waals surface area contributed by atoms with Crippen LogP contribution in [0.15, 0.2) is 41.8 Å². The highest BCUT2D eigenvalue weighted by Crippen LogP contribution is 2.32. The van der Waals surface area contributed by atoms with Crippen LogP contribution in [-0.2, 0) is 13.6 Å². The van der Waals surface area contributed by atoms with E-state index in [1.165, 1.54) is 17.4 Å². The fraction of sp³-hybridized carbons (Fsp3) is 0.455. The van der Waals surface area contributed by atoms with Gasteiger partial charge in [-0.25, -0.2) is 15.0 Å². The van der Waals surface area contributed by atoms with E-state index >= 15 is 0 Å². The van der Waals surface area contributed by atoms with Gasteiger partial charge in [0.15, 0.2) is 0 Å². The molecular weight excluding hydrogens is 380 g/mol. The third-order valence-electron chi connectivity index (χ3n) is 5.93. The van der Waals surface area contributed by atoms with E-state index in [1.54, 1.807) is 25.9 Å². The maximum Gasteiger partial charge on any atom is 0.257 e. The molecule has 0 bridgehead atoms. The smallest absolute Gasteiger partial charge is 0.257 e. The molecule has 2 fully saturated rings. The molecule has 3 heterocycles. The SMILES string of the molecule is Cn1cncc(CN2CCN(c3ccc4ncnc(OCC5CC5)c4c3)CC2)c1=O. The molecule has 1 saturated heterocycles. The maximum atomic E-state index is 12.2. The van der Waals surface area contributed by atoms with Crippen LogP contribution in [0, 0.1) is 5.92 Å². The Kier molecular flexibility index (Phi) is 5.08. The minimum absolute atomic E-state index is 0.0284. The largest absolute Gasteiger partial charge is 0.477 e. The van der Waals surface area contributed by atoms with Crippen LogP contribution in [0.2, 0.25) is 0 Å². The van der Waals surface area contributed by atoms with Crippen LogP contribution in [0.1, 0.15) is 18.4 Å². The summed E-state index contributed by atoms with van der Waals surface area (Å²) >= 11 is 0. The minimum Gasteiger partial charge on any atom is -0.477 e. The third kappa shape index (κ3) is 4.00. The summed E-state index contributed by atoms with van der Waals surface area (Å²) in [4.78, 5) is 29.8. The third-order valence-corrected chi connectivity index (χ3v) is 5.93. The zero-order valence-electron chi connectivity index (χ0n) is 17.2. The number of hydrogen-bond acceptors (Lipinski definition) is 7. The molecule has 1 saturated carbocycles. The molecule has 0 radical (unpaired) electrons. The Morgan fingerprint density at radius 1 is 1.13 bits per heavy atom. The van der Waals surface area contributed by atoms with E-state index in [4.69, 9.17) is 4.74 Å². The Hall–Kier alpha value is -3.00. The van der Waals surface area contributed by atoms with Gasteiger partial charge in [-0.1, -0.05) is 0 Å². The number of fused-ring (bicyclic) bond motifs is 1. The number of aryl methyl sites for hydroxylation is 1. The van der Waals surface area contributed by atoms with Crippen LogP contribution in [0.5, 0.6) is 5.88 Å². The minimum atomic E-state index is 0.0284. The molecule has 0 atom stereocenters. The molecular formula is C22H26N6O2. The second-order valence-electron chi connectivity index (χ2n) is 8.23. The standard InChI is InChI=1S/C22H26N6O2/c1-26-15-23-11-17(22(26)29)12-27-6-8-28(9-7-27)18-4-5-20-19(10-18)21(25-14-24-20)30-13-16-2-3-16/h4-5,10-11,14-16H,2-3,6-9,12-13H2,1H3. The lowest BCUT2D eigenvalue weighted by atomic mass is 10.1. The van der Waals surface area contributed by atoms with Crippen molar-refractivity contribution >= 4 is 16.6 Å². The van der Waals surface area contributed by atoms with Gasteiger partial charge in [0.05, 0.1) is 23.8 Å². The van der Waals surface area contributed by atoms with Gasteiger partial charge >= 0.3 is 0 Å². The van der Waals surface area contributed by atoms with Crippen LogP contribution in [-0.4, -0.2) is 57.2 Å².